The molecule has 1 N–H and O–H groups in total. The van der Waals surface area contributed by atoms with E-state index in [0.717, 1.165) is 38.9 Å². The Morgan fingerprint density at radius 1 is 1.38 bits per heavy atom. The number of likely N-dealkylation sites (tertiary alicyclic amines) is 1. The maximum Gasteiger partial charge on any atom is 0.251 e. The highest BCUT2D eigenvalue weighted by Crippen LogP contribution is 2.34. The van der Waals surface area contributed by atoms with Crippen molar-refractivity contribution in [1.82, 2.24) is 10.2 Å². The smallest absolute Gasteiger partial charge is 0.251 e. The lowest BCUT2D eigenvalue weighted by atomic mass is 9.95. The predicted molar refractivity (Wildman–Crippen MR) is 47.0 cm³/mol. The number of halogens is 2. The summed E-state index contributed by atoms with van der Waals surface area (Å²) in [7, 11) is 0. The average molecular weight is 190 g/mol. The summed E-state index contributed by atoms with van der Waals surface area (Å²) in [5.74, 6) is 0. The molecule has 4 heteroatoms. The van der Waals surface area contributed by atoms with Crippen molar-refractivity contribution in [3.63, 3.8) is 0 Å². The molecule has 2 nitrogen and oxygen atoms in total. The van der Waals surface area contributed by atoms with E-state index in [1.54, 1.807) is 0 Å². The fourth-order valence-electron chi connectivity index (χ4n) is 2.66. The lowest BCUT2D eigenvalue weighted by Crippen LogP contribution is -2.47. The van der Waals surface area contributed by atoms with Crippen molar-refractivity contribution in [2.75, 3.05) is 26.2 Å². The molecule has 0 aliphatic carbocycles. The van der Waals surface area contributed by atoms with Gasteiger partial charge in [-0.2, -0.15) is 0 Å². The van der Waals surface area contributed by atoms with Crippen LogP contribution in [0.2, 0.25) is 0 Å². The predicted octanol–water partition coefficient (Wildman–Crippen LogP) is 1.08. The highest BCUT2D eigenvalue weighted by Gasteiger charge is 2.43. The first-order valence-electron chi connectivity index (χ1n) is 4.97. The zero-order valence-corrected chi connectivity index (χ0v) is 7.73. The van der Waals surface area contributed by atoms with Crippen molar-refractivity contribution in [2.45, 2.75) is 31.2 Å². The quantitative estimate of drug-likeness (QED) is 0.701. The second-order valence-electron chi connectivity index (χ2n) is 4.09. The first kappa shape index (κ1) is 9.34. The summed E-state index contributed by atoms with van der Waals surface area (Å²) in [4.78, 5) is 1.98. The molecule has 2 aliphatic rings. The third-order valence-corrected chi connectivity index (χ3v) is 3.32. The van der Waals surface area contributed by atoms with E-state index < -0.39 is 6.43 Å². The lowest BCUT2D eigenvalue weighted by Gasteiger charge is -2.34. The zero-order valence-electron chi connectivity index (χ0n) is 7.73. The van der Waals surface area contributed by atoms with Gasteiger partial charge in [-0.1, -0.05) is 0 Å². The third kappa shape index (κ3) is 1.70. The van der Waals surface area contributed by atoms with E-state index in [2.05, 4.69) is 5.32 Å². The van der Waals surface area contributed by atoms with Crippen LogP contribution in [-0.2, 0) is 0 Å². The molecular formula is C9H16F2N2. The van der Waals surface area contributed by atoms with Gasteiger partial charge in [0.2, 0.25) is 0 Å². The molecule has 2 heterocycles. The zero-order chi connectivity index (χ0) is 9.31. The maximum atomic E-state index is 12.3. The highest BCUT2D eigenvalue weighted by molar-refractivity contribution is 5.01. The van der Waals surface area contributed by atoms with Gasteiger partial charge in [0.25, 0.3) is 6.43 Å². The Labute approximate surface area is 77.3 Å². The number of nitrogens with zero attached hydrogens (tertiary/aromatic N) is 1. The molecule has 1 atom stereocenters. The van der Waals surface area contributed by atoms with Crippen molar-refractivity contribution in [3.05, 3.63) is 0 Å². The molecule has 0 amide bonds. The molecule has 2 fully saturated rings. The molecule has 2 saturated heterocycles. The van der Waals surface area contributed by atoms with Gasteiger partial charge in [-0.15, -0.1) is 0 Å². The standard InChI is InChI=1S/C9H16F2N2/c10-8(11)6-13-5-1-2-9(13)3-4-12-7-9/h8,12H,1-7H2. The summed E-state index contributed by atoms with van der Waals surface area (Å²) in [5, 5.41) is 3.27. The monoisotopic (exact) mass is 190 g/mol. The first-order chi connectivity index (χ1) is 6.23. The number of hydrogen-bond donors (Lipinski definition) is 1. The molecule has 2 rings (SSSR count). The van der Waals surface area contributed by atoms with Crippen LogP contribution in [0.4, 0.5) is 8.78 Å². The Morgan fingerprint density at radius 2 is 2.23 bits per heavy atom. The van der Waals surface area contributed by atoms with Gasteiger partial charge in [-0.05, 0) is 32.4 Å². The number of hydrogen-bond acceptors (Lipinski definition) is 2. The van der Waals surface area contributed by atoms with Crippen LogP contribution in [0.5, 0.6) is 0 Å². The van der Waals surface area contributed by atoms with E-state index in [1.165, 1.54) is 0 Å². The molecule has 0 aromatic rings. The van der Waals surface area contributed by atoms with Gasteiger partial charge in [-0.25, -0.2) is 8.78 Å². The molecule has 0 aromatic heterocycles. The molecule has 1 spiro atoms. The van der Waals surface area contributed by atoms with Crippen molar-refractivity contribution >= 4 is 0 Å². The van der Waals surface area contributed by atoms with Crippen LogP contribution in [-0.4, -0.2) is 43.0 Å². The molecule has 2 aliphatic heterocycles. The summed E-state index contributed by atoms with van der Waals surface area (Å²) >= 11 is 0. The van der Waals surface area contributed by atoms with Gasteiger partial charge in [0.05, 0.1) is 6.54 Å². The second-order valence-corrected chi connectivity index (χ2v) is 4.09. The molecule has 1 unspecified atom stereocenters. The Hall–Kier alpha value is -0.220. The summed E-state index contributed by atoms with van der Waals surface area (Å²) in [6.07, 6.45) is 1.02. The third-order valence-electron chi connectivity index (χ3n) is 3.32. The lowest BCUT2D eigenvalue weighted by molar-refractivity contribution is 0.0518. The highest BCUT2D eigenvalue weighted by atomic mass is 19.3. The minimum Gasteiger partial charge on any atom is -0.315 e. The van der Waals surface area contributed by atoms with Crippen molar-refractivity contribution in [1.29, 1.82) is 0 Å². The Morgan fingerprint density at radius 3 is 2.85 bits per heavy atom. The normalized spacial score (nSPS) is 35.3. The summed E-state index contributed by atoms with van der Waals surface area (Å²) in [6, 6.07) is 0. The van der Waals surface area contributed by atoms with Crippen LogP contribution in [0.3, 0.4) is 0 Å². The number of alkyl halides is 2. The molecule has 0 saturated carbocycles. The average Bonchev–Trinajstić information content (AvgIpc) is 2.64. The van der Waals surface area contributed by atoms with E-state index in [9.17, 15) is 8.78 Å². The van der Waals surface area contributed by atoms with E-state index in [1.807, 2.05) is 4.90 Å². The van der Waals surface area contributed by atoms with E-state index in [0.29, 0.717) is 0 Å². The number of rotatable bonds is 2. The van der Waals surface area contributed by atoms with Crippen LogP contribution in [0.15, 0.2) is 0 Å². The molecule has 76 valence electrons. The maximum absolute atomic E-state index is 12.3. The molecular weight excluding hydrogens is 174 g/mol. The van der Waals surface area contributed by atoms with Crippen LogP contribution in [0.25, 0.3) is 0 Å². The number of nitrogens with one attached hydrogen (secondary N) is 1. The van der Waals surface area contributed by atoms with Crippen LogP contribution < -0.4 is 5.32 Å². The molecule has 0 radical (unpaired) electrons. The Balaban J connectivity index is 2.00. The van der Waals surface area contributed by atoms with Gasteiger partial charge in [0.1, 0.15) is 0 Å². The SMILES string of the molecule is FC(F)CN1CCCC12CCNC2. The van der Waals surface area contributed by atoms with E-state index >= 15 is 0 Å². The topological polar surface area (TPSA) is 15.3 Å². The summed E-state index contributed by atoms with van der Waals surface area (Å²) in [5.41, 5.74) is 0.0798. The van der Waals surface area contributed by atoms with Gasteiger partial charge in [0.15, 0.2) is 0 Å². The fourth-order valence-corrected chi connectivity index (χ4v) is 2.66. The van der Waals surface area contributed by atoms with Gasteiger partial charge < -0.3 is 5.32 Å². The van der Waals surface area contributed by atoms with Crippen LogP contribution in [0.1, 0.15) is 19.3 Å². The van der Waals surface area contributed by atoms with Gasteiger partial charge in [0, 0.05) is 12.1 Å². The fraction of sp³-hybridized carbons (Fsp3) is 1.00. The van der Waals surface area contributed by atoms with Crippen molar-refractivity contribution < 1.29 is 8.78 Å². The van der Waals surface area contributed by atoms with Crippen LogP contribution in [0, 0.1) is 0 Å². The first-order valence-corrected chi connectivity index (χ1v) is 4.97. The minimum absolute atomic E-state index is 0.0400. The Kier molecular flexibility index (Phi) is 2.51. The summed E-state index contributed by atoms with van der Waals surface area (Å²) in [6.45, 7) is 2.70. The van der Waals surface area contributed by atoms with Gasteiger partial charge >= 0.3 is 0 Å². The molecule has 0 aromatic carbocycles. The van der Waals surface area contributed by atoms with Gasteiger partial charge in [-0.3, -0.25) is 4.90 Å². The van der Waals surface area contributed by atoms with Crippen molar-refractivity contribution in [3.8, 4) is 0 Å². The molecule has 13 heavy (non-hydrogen) atoms. The van der Waals surface area contributed by atoms with Crippen molar-refractivity contribution in [2.24, 2.45) is 0 Å². The van der Waals surface area contributed by atoms with E-state index in [-0.39, 0.29) is 12.1 Å². The largest absolute Gasteiger partial charge is 0.315 e. The summed E-state index contributed by atoms with van der Waals surface area (Å²) < 4.78 is 24.5. The van der Waals surface area contributed by atoms with E-state index in [4.69, 9.17) is 0 Å². The minimum atomic E-state index is -2.18. The Bertz CT molecular complexity index is 173. The second kappa shape index (κ2) is 3.50. The molecule has 0 bridgehead atoms. The van der Waals surface area contributed by atoms with Crippen LogP contribution >= 0.6 is 0 Å².